The lowest BCUT2D eigenvalue weighted by Gasteiger charge is -2.13. The maximum absolute atomic E-state index is 12.3. The number of nitrogens with zero attached hydrogens (tertiary/aromatic N) is 3. The maximum atomic E-state index is 12.3. The van der Waals surface area contributed by atoms with Gasteiger partial charge in [-0.25, -0.2) is 13.4 Å². The summed E-state index contributed by atoms with van der Waals surface area (Å²) in [6, 6.07) is -0.0578. The fourth-order valence-electron chi connectivity index (χ4n) is 2.10. The summed E-state index contributed by atoms with van der Waals surface area (Å²) >= 11 is 0. The van der Waals surface area contributed by atoms with Crippen LogP contribution in [0.25, 0.3) is 0 Å². The van der Waals surface area contributed by atoms with Crippen molar-refractivity contribution >= 4 is 22.4 Å². The number of sulfonamides is 1. The number of hydrogen-bond acceptors (Lipinski definition) is 4. The molecule has 19 heavy (non-hydrogen) atoms. The number of aromatic nitrogens is 2. The Morgan fingerprint density at radius 1 is 1.53 bits per heavy atom. The largest absolute Gasteiger partial charge is 0.336 e. The van der Waals surface area contributed by atoms with E-state index in [-0.39, 0.29) is 23.5 Å². The van der Waals surface area contributed by atoms with Crippen LogP contribution in [0.3, 0.4) is 0 Å². The van der Waals surface area contributed by atoms with Crippen molar-refractivity contribution in [3.05, 3.63) is 12.5 Å². The van der Waals surface area contributed by atoms with E-state index in [1.54, 1.807) is 12.5 Å². The van der Waals surface area contributed by atoms with Crippen LogP contribution in [0.2, 0.25) is 0 Å². The van der Waals surface area contributed by atoms with Crippen LogP contribution in [0.4, 0.5) is 0 Å². The lowest BCUT2D eigenvalue weighted by atomic mass is 10.2. The third-order valence-corrected chi connectivity index (χ3v) is 4.73. The molecule has 2 N–H and O–H groups in total. The van der Waals surface area contributed by atoms with Gasteiger partial charge >= 0.3 is 0 Å². The molecule has 1 aromatic rings. The zero-order chi connectivity index (χ0) is 13.3. The first kappa shape index (κ1) is 16.4. The number of imidazole rings is 1. The topological polar surface area (TPSA) is 81.2 Å². The van der Waals surface area contributed by atoms with Crippen LogP contribution in [0.5, 0.6) is 0 Å². The molecule has 0 spiro atoms. The number of halogens is 1. The smallest absolute Gasteiger partial charge is 0.262 e. The van der Waals surface area contributed by atoms with Gasteiger partial charge in [0.25, 0.3) is 10.0 Å². The predicted molar refractivity (Wildman–Crippen MR) is 75.7 cm³/mol. The first-order valence-corrected chi connectivity index (χ1v) is 7.61. The molecular formula is C11H21ClN4O2S. The first-order chi connectivity index (χ1) is 8.39. The van der Waals surface area contributed by atoms with Crippen LogP contribution < -0.4 is 5.73 Å². The van der Waals surface area contributed by atoms with E-state index >= 15 is 0 Å². The molecule has 1 atom stereocenters. The molecule has 0 amide bonds. The Labute approximate surface area is 120 Å². The molecule has 1 saturated heterocycles. The molecule has 0 radical (unpaired) electrons. The molecule has 1 aliphatic heterocycles. The van der Waals surface area contributed by atoms with E-state index in [1.807, 2.05) is 4.57 Å². The zero-order valence-corrected chi connectivity index (χ0v) is 12.8. The van der Waals surface area contributed by atoms with Crippen LogP contribution in [-0.4, -0.2) is 41.4 Å². The van der Waals surface area contributed by atoms with Gasteiger partial charge in [0.15, 0.2) is 5.03 Å². The van der Waals surface area contributed by atoms with Crippen LogP contribution >= 0.6 is 12.4 Å². The minimum absolute atomic E-state index is 0. The van der Waals surface area contributed by atoms with Crippen molar-refractivity contribution in [1.29, 1.82) is 0 Å². The molecule has 0 saturated carbocycles. The van der Waals surface area contributed by atoms with Crippen molar-refractivity contribution in [2.45, 2.75) is 37.9 Å². The van der Waals surface area contributed by atoms with Crippen molar-refractivity contribution in [2.75, 3.05) is 13.1 Å². The second-order valence-electron chi connectivity index (χ2n) is 5.21. The Hall–Kier alpha value is -0.630. The lowest BCUT2D eigenvalue weighted by molar-refractivity contribution is 0.469. The Balaban J connectivity index is 0.00000180. The molecule has 1 fully saturated rings. The van der Waals surface area contributed by atoms with E-state index in [9.17, 15) is 8.42 Å². The molecule has 8 heteroatoms. The summed E-state index contributed by atoms with van der Waals surface area (Å²) in [6.07, 6.45) is 3.88. The van der Waals surface area contributed by atoms with E-state index in [0.29, 0.717) is 25.4 Å². The maximum Gasteiger partial charge on any atom is 0.262 e. The minimum atomic E-state index is -3.47. The van der Waals surface area contributed by atoms with Crippen LogP contribution in [0.1, 0.15) is 20.3 Å². The van der Waals surface area contributed by atoms with E-state index in [2.05, 4.69) is 18.8 Å². The van der Waals surface area contributed by atoms with Gasteiger partial charge in [-0.2, -0.15) is 4.31 Å². The predicted octanol–water partition coefficient (Wildman–Crippen LogP) is 0.683. The molecule has 0 bridgehead atoms. The Morgan fingerprint density at radius 3 is 2.74 bits per heavy atom. The molecule has 6 nitrogen and oxygen atoms in total. The Bertz CT molecular complexity index is 515. The summed E-state index contributed by atoms with van der Waals surface area (Å²) in [4.78, 5) is 4.00. The van der Waals surface area contributed by atoms with Crippen molar-refractivity contribution in [3.63, 3.8) is 0 Å². The van der Waals surface area contributed by atoms with Gasteiger partial charge in [-0.15, -0.1) is 12.4 Å². The average Bonchev–Trinajstić information content (AvgIpc) is 2.86. The first-order valence-electron chi connectivity index (χ1n) is 6.17. The fraction of sp³-hybridized carbons (Fsp3) is 0.727. The number of nitrogens with two attached hydrogens (primary N) is 1. The van der Waals surface area contributed by atoms with Gasteiger partial charge in [-0.3, -0.25) is 0 Å². The molecule has 1 aromatic heterocycles. The van der Waals surface area contributed by atoms with Gasteiger partial charge in [-0.1, -0.05) is 13.8 Å². The summed E-state index contributed by atoms with van der Waals surface area (Å²) < 4.78 is 27.8. The number of hydrogen-bond donors (Lipinski definition) is 1. The van der Waals surface area contributed by atoms with Gasteiger partial charge in [0, 0.05) is 31.9 Å². The van der Waals surface area contributed by atoms with Gasteiger partial charge in [0.1, 0.15) is 0 Å². The van der Waals surface area contributed by atoms with Crippen molar-refractivity contribution in [3.8, 4) is 0 Å². The monoisotopic (exact) mass is 308 g/mol. The molecule has 0 aromatic carbocycles. The van der Waals surface area contributed by atoms with Gasteiger partial charge in [-0.05, 0) is 12.3 Å². The standard InChI is InChI=1S/C11H20N4O2S.ClH/c1-9(2)5-14-7-11(13-8-14)18(16,17)15-4-3-10(12)6-15;/h7-10H,3-6,12H2,1-2H3;1H/t10-;/m1./s1. The molecule has 2 rings (SSSR count). The number of rotatable bonds is 4. The zero-order valence-electron chi connectivity index (χ0n) is 11.2. The summed E-state index contributed by atoms with van der Waals surface area (Å²) in [5.41, 5.74) is 5.74. The SMILES string of the molecule is CC(C)Cn1cnc(S(=O)(=O)N2CC[C@@H](N)C2)c1.Cl. The average molecular weight is 309 g/mol. The fourth-order valence-corrected chi connectivity index (χ4v) is 3.55. The van der Waals surface area contributed by atoms with Crippen molar-refractivity contribution in [2.24, 2.45) is 11.7 Å². The molecule has 0 aliphatic carbocycles. The molecule has 0 unspecified atom stereocenters. The normalized spacial score (nSPS) is 20.7. The summed E-state index contributed by atoms with van der Waals surface area (Å²) in [5.74, 6) is 0.454. The third-order valence-electron chi connectivity index (χ3n) is 2.98. The van der Waals surface area contributed by atoms with Crippen molar-refractivity contribution in [1.82, 2.24) is 13.9 Å². The quantitative estimate of drug-likeness (QED) is 0.887. The van der Waals surface area contributed by atoms with Gasteiger partial charge in [0.2, 0.25) is 0 Å². The molecule has 110 valence electrons. The van der Waals surface area contributed by atoms with Crippen LogP contribution in [0.15, 0.2) is 17.6 Å². The highest BCUT2D eigenvalue weighted by Gasteiger charge is 2.32. The highest BCUT2D eigenvalue weighted by Crippen LogP contribution is 2.19. The van der Waals surface area contributed by atoms with Crippen LogP contribution in [-0.2, 0) is 16.6 Å². The van der Waals surface area contributed by atoms with Gasteiger partial charge in [0.05, 0.1) is 6.33 Å². The second kappa shape index (κ2) is 6.21. The molecular weight excluding hydrogens is 288 g/mol. The highest BCUT2D eigenvalue weighted by atomic mass is 35.5. The van der Waals surface area contributed by atoms with Gasteiger partial charge < -0.3 is 10.3 Å². The van der Waals surface area contributed by atoms with E-state index in [1.165, 1.54) is 4.31 Å². The summed E-state index contributed by atoms with van der Waals surface area (Å²) in [6.45, 7) is 5.79. The van der Waals surface area contributed by atoms with E-state index in [4.69, 9.17) is 5.73 Å². The van der Waals surface area contributed by atoms with E-state index in [0.717, 1.165) is 6.54 Å². The minimum Gasteiger partial charge on any atom is -0.336 e. The lowest BCUT2D eigenvalue weighted by Crippen LogP contribution is -2.32. The third kappa shape index (κ3) is 3.68. The molecule has 1 aliphatic rings. The summed E-state index contributed by atoms with van der Waals surface area (Å²) in [5, 5.41) is 0.122. The molecule has 2 heterocycles. The highest BCUT2D eigenvalue weighted by molar-refractivity contribution is 7.89. The second-order valence-corrected chi connectivity index (χ2v) is 7.10. The van der Waals surface area contributed by atoms with Crippen molar-refractivity contribution < 1.29 is 8.42 Å². The summed E-state index contributed by atoms with van der Waals surface area (Å²) in [7, 11) is -3.47. The Morgan fingerprint density at radius 2 is 2.21 bits per heavy atom. The van der Waals surface area contributed by atoms with Crippen LogP contribution in [0, 0.1) is 5.92 Å². The van der Waals surface area contributed by atoms with E-state index < -0.39 is 10.0 Å². The Kier molecular flexibility index (Phi) is 5.37.